The molecule has 2 heterocycles. The van der Waals surface area contributed by atoms with Crippen molar-refractivity contribution in [2.75, 3.05) is 6.54 Å². The lowest BCUT2D eigenvalue weighted by molar-refractivity contribution is -0.118. The fraction of sp³-hybridized carbons (Fsp3) is 0.115. The summed E-state index contributed by atoms with van der Waals surface area (Å²) in [5, 5.41) is 3.87. The van der Waals surface area contributed by atoms with Gasteiger partial charge in [-0.05, 0) is 70.9 Å². The molecule has 0 bridgehead atoms. The Balaban J connectivity index is 1.19. The van der Waals surface area contributed by atoms with Crippen molar-refractivity contribution in [3.63, 3.8) is 0 Å². The molecule has 2 saturated heterocycles. The highest BCUT2D eigenvalue weighted by Gasteiger charge is 2.33. The van der Waals surface area contributed by atoms with Crippen LogP contribution < -0.4 is 14.8 Å². The maximum Gasteiger partial charge on any atom is 0.304 e. The second-order valence-corrected chi connectivity index (χ2v) is 11.6. The second-order valence-electron chi connectivity index (χ2n) is 8.43. The first-order valence-corrected chi connectivity index (χ1v) is 14.0. The van der Waals surface area contributed by atoms with Crippen molar-refractivity contribution >= 4 is 62.3 Å². The lowest BCUT2D eigenvalue weighted by Gasteiger charge is -2.12. The molecule has 3 aromatic carbocycles. The summed E-state index contributed by atoms with van der Waals surface area (Å²) < 4.78 is 32.6. The van der Waals surface area contributed by atoms with Gasteiger partial charge in [0.2, 0.25) is 5.91 Å². The molecule has 0 saturated carbocycles. The smallest absolute Gasteiger partial charge is 0.304 e. The fourth-order valence-corrected chi connectivity index (χ4v) is 5.72. The van der Waals surface area contributed by atoms with Gasteiger partial charge < -0.3 is 10.1 Å². The van der Waals surface area contributed by atoms with Crippen molar-refractivity contribution in [1.29, 1.82) is 0 Å². The number of amidine groups is 1. The zero-order chi connectivity index (χ0) is 26.7. The van der Waals surface area contributed by atoms with E-state index in [0.717, 1.165) is 15.4 Å². The highest BCUT2D eigenvalue weighted by molar-refractivity contribution is 8.18. The van der Waals surface area contributed by atoms with Gasteiger partial charge in [0.05, 0.1) is 17.1 Å². The van der Waals surface area contributed by atoms with Crippen molar-refractivity contribution in [1.82, 2.24) is 14.3 Å². The number of rotatable bonds is 7. The van der Waals surface area contributed by atoms with E-state index < -0.39 is 16.1 Å². The molecule has 0 radical (unpaired) electrons. The van der Waals surface area contributed by atoms with E-state index in [1.807, 2.05) is 53.3 Å². The number of benzene rings is 3. The summed E-state index contributed by atoms with van der Waals surface area (Å²) in [6.07, 6.45) is 1.78. The van der Waals surface area contributed by atoms with Crippen molar-refractivity contribution in [3.8, 4) is 5.75 Å². The van der Waals surface area contributed by atoms with Crippen LogP contribution in [-0.4, -0.2) is 36.2 Å². The van der Waals surface area contributed by atoms with Crippen LogP contribution in [0.2, 0.25) is 5.02 Å². The molecule has 2 aliphatic heterocycles. The average Bonchev–Trinajstić information content (AvgIpc) is 3.36. The van der Waals surface area contributed by atoms with Crippen LogP contribution in [0.5, 0.6) is 5.75 Å². The van der Waals surface area contributed by atoms with Gasteiger partial charge in [-0.3, -0.25) is 9.59 Å². The minimum atomic E-state index is -3.78. The Labute approximate surface area is 228 Å². The number of aliphatic imine (C=N–C) groups is 1. The number of thioether (sulfide) groups is 1. The molecular formula is C26H21ClN4O5S2. The predicted molar refractivity (Wildman–Crippen MR) is 147 cm³/mol. The quantitative estimate of drug-likeness (QED) is 0.416. The summed E-state index contributed by atoms with van der Waals surface area (Å²) in [5.74, 6) is -0.0873. The average molecular weight is 569 g/mol. The molecule has 9 nitrogen and oxygen atoms in total. The standard InChI is InChI=1S/C26H21ClN4O5S2/c27-20-7-1-19(2-8-20)16-36-22-11-5-17(6-12-22)13-23-25(33)29-26(37-23)28-21-9-3-18(4-10-21)14-31-15-24(32)30-38(31,34)35/h1-13H,14-16H2,(H,30,32)(H,28,29,33)/b23-13+. The molecule has 38 heavy (non-hydrogen) atoms. The molecule has 12 heteroatoms. The van der Waals surface area contributed by atoms with Crippen LogP contribution in [0.1, 0.15) is 16.7 Å². The molecule has 0 aliphatic carbocycles. The summed E-state index contributed by atoms with van der Waals surface area (Å²) in [6.45, 7) is 0.287. The third-order valence-corrected chi connectivity index (χ3v) is 8.16. The number of carbonyl (C=O) groups is 2. The number of hydrogen-bond donors (Lipinski definition) is 2. The monoisotopic (exact) mass is 568 g/mol. The molecule has 2 amide bonds. The number of amides is 2. The van der Waals surface area contributed by atoms with Gasteiger partial charge >= 0.3 is 10.2 Å². The molecular weight excluding hydrogens is 548 g/mol. The van der Waals surface area contributed by atoms with Crippen molar-refractivity contribution < 1.29 is 22.7 Å². The molecule has 3 aromatic rings. The van der Waals surface area contributed by atoms with Crippen LogP contribution in [0.4, 0.5) is 5.69 Å². The first-order chi connectivity index (χ1) is 18.2. The Morgan fingerprint density at radius 2 is 1.66 bits per heavy atom. The zero-order valence-electron chi connectivity index (χ0n) is 19.8. The second kappa shape index (κ2) is 11.0. The zero-order valence-corrected chi connectivity index (χ0v) is 22.1. The summed E-state index contributed by atoms with van der Waals surface area (Å²) >= 11 is 7.13. The van der Waals surface area contributed by atoms with Crippen LogP contribution in [0.15, 0.2) is 82.7 Å². The van der Waals surface area contributed by atoms with E-state index >= 15 is 0 Å². The van der Waals surface area contributed by atoms with E-state index in [2.05, 4.69) is 10.3 Å². The Morgan fingerprint density at radius 1 is 0.974 bits per heavy atom. The molecule has 0 atom stereocenters. The Kier molecular flexibility index (Phi) is 7.52. The van der Waals surface area contributed by atoms with Gasteiger partial charge in [0.15, 0.2) is 5.17 Å². The third kappa shape index (κ3) is 6.43. The van der Waals surface area contributed by atoms with Crippen LogP contribution in [0.25, 0.3) is 6.08 Å². The molecule has 0 spiro atoms. The molecule has 0 unspecified atom stereocenters. The van der Waals surface area contributed by atoms with E-state index in [-0.39, 0.29) is 19.0 Å². The highest BCUT2D eigenvalue weighted by atomic mass is 35.5. The Morgan fingerprint density at radius 3 is 2.32 bits per heavy atom. The Bertz CT molecular complexity index is 1540. The molecule has 2 aliphatic rings. The minimum absolute atomic E-state index is 0.0707. The number of halogens is 1. The van der Waals surface area contributed by atoms with Crippen LogP contribution in [0, 0.1) is 0 Å². The largest absolute Gasteiger partial charge is 0.489 e. The minimum Gasteiger partial charge on any atom is -0.489 e. The summed E-state index contributed by atoms with van der Waals surface area (Å²) in [7, 11) is -3.78. The summed E-state index contributed by atoms with van der Waals surface area (Å²) in [4.78, 5) is 28.8. The van der Waals surface area contributed by atoms with Gasteiger partial charge in [-0.2, -0.15) is 12.7 Å². The fourth-order valence-electron chi connectivity index (χ4n) is 3.66. The maximum absolute atomic E-state index is 12.5. The van der Waals surface area contributed by atoms with E-state index in [1.54, 1.807) is 30.3 Å². The topological polar surface area (TPSA) is 117 Å². The maximum atomic E-state index is 12.5. The van der Waals surface area contributed by atoms with Gasteiger partial charge in [0.25, 0.3) is 5.91 Å². The molecule has 194 valence electrons. The summed E-state index contributed by atoms with van der Waals surface area (Å²) in [5.41, 5.74) is 3.16. The summed E-state index contributed by atoms with van der Waals surface area (Å²) in [6, 6.07) is 21.8. The number of nitrogens with one attached hydrogen (secondary N) is 2. The van der Waals surface area contributed by atoms with E-state index in [9.17, 15) is 18.0 Å². The van der Waals surface area contributed by atoms with E-state index in [1.165, 1.54) is 11.8 Å². The van der Waals surface area contributed by atoms with Crippen molar-refractivity contribution in [3.05, 3.63) is 99.4 Å². The van der Waals surface area contributed by atoms with Gasteiger partial charge in [0, 0.05) is 11.6 Å². The van der Waals surface area contributed by atoms with Crippen LogP contribution in [0.3, 0.4) is 0 Å². The van der Waals surface area contributed by atoms with E-state index in [4.69, 9.17) is 16.3 Å². The van der Waals surface area contributed by atoms with Gasteiger partial charge in [-0.1, -0.05) is 48.0 Å². The first-order valence-electron chi connectivity index (χ1n) is 11.4. The third-order valence-electron chi connectivity index (χ3n) is 5.58. The number of hydrogen-bond acceptors (Lipinski definition) is 7. The molecule has 2 fully saturated rings. The predicted octanol–water partition coefficient (Wildman–Crippen LogP) is 3.99. The molecule has 0 aromatic heterocycles. The van der Waals surface area contributed by atoms with Crippen LogP contribution in [-0.2, 0) is 33.0 Å². The van der Waals surface area contributed by atoms with Crippen molar-refractivity contribution in [2.45, 2.75) is 13.2 Å². The normalized spacial score (nSPS) is 19.1. The van der Waals surface area contributed by atoms with Gasteiger partial charge in [0.1, 0.15) is 12.4 Å². The highest BCUT2D eigenvalue weighted by Crippen LogP contribution is 2.29. The van der Waals surface area contributed by atoms with Gasteiger partial charge in [-0.15, -0.1) is 0 Å². The Hall–Kier alpha value is -3.64. The molecule has 2 N–H and O–H groups in total. The van der Waals surface area contributed by atoms with Crippen molar-refractivity contribution in [2.24, 2.45) is 4.99 Å². The van der Waals surface area contributed by atoms with Crippen LogP contribution >= 0.6 is 23.4 Å². The lowest BCUT2D eigenvalue weighted by atomic mass is 10.2. The van der Waals surface area contributed by atoms with E-state index in [0.29, 0.717) is 38.7 Å². The molecule has 5 rings (SSSR count). The van der Waals surface area contributed by atoms with Gasteiger partial charge in [-0.25, -0.2) is 9.71 Å². The lowest BCUT2D eigenvalue weighted by Crippen LogP contribution is -2.29. The number of carbonyl (C=O) groups excluding carboxylic acids is 2. The SMILES string of the molecule is O=C1CN(Cc2ccc(N=C3NC(=O)/C(=C\c4ccc(OCc5ccc(Cl)cc5)cc4)S3)cc2)S(=O)(=O)N1. The first kappa shape index (κ1) is 26.0. The number of ether oxygens (including phenoxy) is 1. The number of nitrogens with zero attached hydrogens (tertiary/aromatic N) is 2.